The smallest absolute Gasteiger partial charge is 0.262 e. The van der Waals surface area contributed by atoms with Gasteiger partial charge in [-0.2, -0.15) is 0 Å². The predicted molar refractivity (Wildman–Crippen MR) is 99.5 cm³/mol. The van der Waals surface area contributed by atoms with Crippen molar-refractivity contribution < 1.29 is 14.3 Å². The third-order valence-electron chi connectivity index (χ3n) is 3.93. The third-order valence-corrected chi connectivity index (χ3v) is 3.93. The fourth-order valence-electron chi connectivity index (χ4n) is 2.65. The molecule has 0 fully saturated rings. The Hall–Kier alpha value is -2.56. The van der Waals surface area contributed by atoms with Gasteiger partial charge in [-0.3, -0.25) is 4.79 Å². The number of benzene rings is 1. The topological polar surface area (TPSA) is 60.5 Å². The highest BCUT2D eigenvalue weighted by atomic mass is 16.5. The first-order valence-corrected chi connectivity index (χ1v) is 8.48. The van der Waals surface area contributed by atoms with E-state index >= 15 is 0 Å². The van der Waals surface area contributed by atoms with Crippen LogP contribution in [0.25, 0.3) is 0 Å². The van der Waals surface area contributed by atoms with Gasteiger partial charge in [0.15, 0.2) is 12.4 Å². The van der Waals surface area contributed by atoms with Gasteiger partial charge in [-0.1, -0.05) is 45.9 Å². The minimum atomic E-state index is -0.207. The molecule has 0 bridgehead atoms. The van der Waals surface area contributed by atoms with Gasteiger partial charge in [-0.05, 0) is 35.1 Å². The fourth-order valence-corrected chi connectivity index (χ4v) is 2.65. The molecule has 25 heavy (non-hydrogen) atoms. The number of amides is 1. The van der Waals surface area contributed by atoms with Crippen molar-refractivity contribution in [3.8, 4) is 11.6 Å². The summed E-state index contributed by atoms with van der Waals surface area (Å²) in [5.74, 6) is 1.23. The number of hydrogen-bond acceptors (Lipinski definition) is 4. The molecule has 1 N–H and O–H groups in total. The number of nitrogens with zero attached hydrogens (tertiary/aromatic N) is 1. The third kappa shape index (κ3) is 4.72. The minimum absolute atomic E-state index is 0.105. The second kappa shape index (κ2) is 8.51. The van der Waals surface area contributed by atoms with Gasteiger partial charge in [0.1, 0.15) is 0 Å². The summed E-state index contributed by atoms with van der Waals surface area (Å²) in [6.45, 7) is 8.36. The summed E-state index contributed by atoms with van der Waals surface area (Å²) in [6.07, 6.45) is 1.61. The van der Waals surface area contributed by atoms with Crippen molar-refractivity contribution in [1.29, 1.82) is 0 Å². The number of rotatable bonds is 7. The number of anilines is 1. The maximum atomic E-state index is 12.4. The number of ether oxygens (including phenoxy) is 2. The van der Waals surface area contributed by atoms with E-state index in [1.165, 1.54) is 7.11 Å². The van der Waals surface area contributed by atoms with Gasteiger partial charge in [0.25, 0.3) is 11.8 Å². The zero-order valence-electron chi connectivity index (χ0n) is 15.5. The summed E-state index contributed by atoms with van der Waals surface area (Å²) in [7, 11) is 1.52. The summed E-state index contributed by atoms with van der Waals surface area (Å²) >= 11 is 0. The highest BCUT2D eigenvalue weighted by molar-refractivity contribution is 5.93. The van der Waals surface area contributed by atoms with Crippen molar-refractivity contribution in [1.82, 2.24) is 4.98 Å². The van der Waals surface area contributed by atoms with Crippen LogP contribution in [-0.4, -0.2) is 24.6 Å². The van der Waals surface area contributed by atoms with Crippen LogP contribution >= 0.6 is 0 Å². The largest absolute Gasteiger partial charge is 0.478 e. The molecule has 0 saturated carbocycles. The molecule has 0 unspecified atom stereocenters. The first-order valence-electron chi connectivity index (χ1n) is 8.48. The molecule has 2 rings (SSSR count). The van der Waals surface area contributed by atoms with Gasteiger partial charge in [-0.25, -0.2) is 4.98 Å². The molecule has 0 aliphatic heterocycles. The van der Waals surface area contributed by atoms with Crippen molar-refractivity contribution in [3.05, 3.63) is 47.7 Å². The maximum Gasteiger partial charge on any atom is 0.262 e. The molecule has 0 spiro atoms. The number of hydrogen-bond donors (Lipinski definition) is 1. The second-order valence-corrected chi connectivity index (χ2v) is 6.47. The van der Waals surface area contributed by atoms with E-state index in [-0.39, 0.29) is 12.5 Å². The summed E-state index contributed by atoms with van der Waals surface area (Å²) < 4.78 is 10.7. The fraction of sp³-hybridized carbons (Fsp3) is 0.400. The number of carbonyl (C=O) groups excluding carboxylic acids is 1. The van der Waals surface area contributed by atoms with Crippen LogP contribution in [0.4, 0.5) is 5.69 Å². The number of carbonyl (C=O) groups is 1. The average molecular weight is 342 g/mol. The zero-order chi connectivity index (χ0) is 18.4. The van der Waals surface area contributed by atoms with E-state index in [0.717, 1.165) is 16.8 Å². The first kappa shape index (κ1) is 18.8. The number of aromatic nitrogens is 1. The molecule has 1 amide bonds. The summed E-state index contributed by atoms with van der Waals surface area (Å²) in [4.78, 5) is 16.5. The molecule has 5 nitrogen and oxygen atoms in total. The normalized spacial score (nSPS) is 10.8. The van der Waals surface area contributed by atoms with Gasteiger partial charge < -0.3 is 14.8 Å². The van der Waals surface area contributed by atoms with Crippen LogP contribution in [0.1, 0.15) is 50.7 Å². The molecule has 2 aromatic rings. The van der Waals surface area contributed by atoms with Gasteiger partial charge in [0, 0.05) is 11.9 Å². The molecule has 0 saturated heterocycles. The van der Waals surface area contributed by atoms with E-state index in [2.05, 4.69) is 50.1 Å². The lowest BCUT2D eigenvalue weighted by molar-refractivity contribution is -0.118. The van der Waals surface area contributed by atoms with Crippen LogP contribution in [0, 0.1) is 0 Å². The van der Waals surface area contributed by atoms with Crippen molar-refractivity contribution in [2.24, 2.45) is 0 Å². The van der Waals surface area contributed by atoms with Gasteiger partial charge >= 0.3 is 0 Å². The van der Waals surface area contributed by atoms with Gasteiger partial charge in [0.2, 0.25) is 0 Å². The molecule has 1 heterocycles. The Labute approximate surface area is 149 Å². The first-order chi connectivity index (χ1) is 11.9. The van der Waals surface area contributed by atoms with E-state index in [1.54, 1.807) is 18.3 Å². The Bertz CT molecular complexity index is 700. The molecule has 0 radical (unpaired) electrons. The molecule has 0 aliphatic rings. The van der Waals surface area contributed by atoms with Crippen LogP contribution in [0.3, 0.4) is 0 Å². The van der Waals surface area contributed by atoms with E-state index in [0.29, 0.717) is 23.5 Å². The van der Waals surface area contributed by atoms with Crippen LogP contribution in [0.2, 0.25) is 0 Å². The lowest BCUT2D eigenvalue weighted by Crippen LogP contribution is -2.22. The van der Waals surface area contributed by atoms with Crippen molar-refractivity contribution >= 4 is 11.6 Å². The van der Waals surface area contributed by atoms with Crippen LogP contribution in [-0.2, 0) is 4.79 Å². The van der Waals surface area contributed by atoms with Crippen molar-refractivity contribution in [3.63, 3.8) is 0 Å². The zero-order valence-corrected chi connectivity index (χ0v) is 15.5. The van der Waals surface area contributed by atoms with E-state index in [9.17, 15) is 4.79 Å². The Morgan fingerprint density at radius 3 is 2.28 bits per heavy atom. The maximum absolute atomic E-state index is 12.4. The molecule has 134 valence electrons. The Balaban J connectivity index is 2.15. The molecule has 1 aromatic heterocycles. The second-order valence-electron chi connectivity index (χ2n) is 6.47. The Morgan fingerprint density at radius 1 is 1.08 bits per heavy atom. The lowest BCUT2D eigenvalue weighted by atomic mass is 9.92. The van der Waals surface area contributed by atoms with Gasteiger partial charge in [-0.15, -0.1) is 0 Å². The standard InChI is InChI=1S/C20H26N2O3/c1-13(2)15-8-6-9-16(14(3)4)19(15)22-18(23)12-25-17-10-7-11-21-20(17)24-5/h6-11,13-14H,12H2,1-5H3,(H,22,23). The molecular weight excluding hydrogens is 316 g/mol. The molecule has 5 heteroatoms. The molecule has 0 atom stereocenters. The Kier molecular flexibility index (Phi) is 6.39. The van der Waals surface area contributed by atoms with Crippen molar-refractivity contribution in [2.75, 3.05) is 19.0 Å². The predicted octanol–water partition coefficient (Wildman–Crippen LogP) is 4.35. The minimum Gasteiger partial charge on any atom is -0.478 e. The SMILES string of the molecule is COc1ncccc1OCC(=O)Nc1c(C(C)C)cccc1C(C)C. The summed E-state index contributed by atoms with van der Waals surface area (Å²) in [5.41, 5.74) is 3.14. The van der Waals surface area contributed by atoms with Crippen molar-refractivity contribution in [2.45, 2.75) is 39.5 Å². The van der Waals surface area contributed by atoms with Gasteiger partial charge in [0.05, 0.1) is 7.11 Å². The average Bonchev–Trinajstić information content (AvgIpc) is 2.59. The van der Waals surface area contributed by atoms with E-state index < -0.39 is 0 Å². The molecule has 0 aliphatic carbocycles. The lowest BCUT2D eigenvalue weighted by Gasteiger charge is -2.20. The monoisotopic (exact) mass is 342 g/mol. The molecule has 1 aromatic carbocycles. The number of pyridine rings is 1. The number of methoxy groups -OCH3 is 1. The summed E-state index contributed by atoms with van der Waals surface area (Å²) in [5, 5.41) is 3.02. The number of para-hydroxylation sites is 1. The van der Waals surface area contributed by atoms with E-state index in [4.69, 9.17) is 9.47 Å². The van der Waals surface area contributed by atoms with Crippen LogP contribution in [0.5, 0.6) is 11.6 Å². The van der Waals surface area contributed by atoms with E-state index in [1.807, 2.05) is 6.07 Å². The quantitative estimate of drug-likeness (QED) is 0.812. The highest BCUT2D eigenvalue weighted by Gasteiger charge is 2.16. The van der Waals surface area contributed by atoms with Crippen LogP contribution in [0.15, 0.2) is 36.5 Å². The van der Waals surface area contributed by atoms with Crippen LogP contribution < -0.4 is 14.8 Å². The summed E-state index contributed by atoms with van der Waals surface area (Å²) in [6, 6.07) is 9.60. The molecular formula is C20H26N2O3. The number of nitrogens with one attached hydrogen (secondary N) is 1. The Morgan fingerprint density at radius 2 is 1.72 bits per heavy atom. The highest BCUT2D eigenvalue weighted by Crippen LogP contribution is 2.32.